The van der Waals surface area contributed by atoms with Crippen molar-refractivity contribution in [3.05, 3.63) is 34.9 Å². The first-order valence-corrected chi connectivity index (χ1v) is 15.4. The molecule has 1 aromatic rings. The SMILES string of the molecule is CCCCCCCC/C=C\CCCCCCCC(=O)OCCOC(=O)Nc1ccn([C@@H]2O[C@H](CO)C(O)C2(F)F)c(=O)n1. The predicted octanol–water partition coefficient (Wildman–Crippen LogP) is 5.26. The Hall–Kier alpha value is -2.90. The zero-order chi connectivity index (χ0) is 31.5. The van der Waals surface area contributed by atoms with Gasteiger partial charge >= 0.3 is 23.7 Å². The van der Waals surface area contributed by atoms with Crippen LogP contribution in [0.25, 0.3) is 0 Å². The van der Waals surface area contributed by atoms with Crippen LogP contribution in [-0.4, -0.2) is 69.8 Å². The summed E-state index contributed by atoms with van der Waals surface area (Å²) in [6.45, 7) is 0.987. The van der Waals surface area contributed by atoms with E-state index in [-0.39, 0.29) is 31.4 Å². The van der Waals surface area contributed by atoms with Crippen LogP contribution in [0.1, 0.15) is 103 Å². The van der Waals surface area contributed by atoms with Gasteiger partial charge in [-0.15, -0.1) is 0 Å². The van der Waals surface area contributed by atoms with Crippen molar-refractivity contribution < 1.29 is 42.8 Å². The number of carbonyl (C=O) groups is 2. The van der Waals surface area contributed by atoms with Gasteiger partial charge in [-0.05, 0) is 38.2 Å². The average Bonchev–Trinajstić information content (AvgIpc) is 3.20. The summed E-state index contributed by atoms with van der Waals surface area (Å²) in [6.07, 6.45) is 13.9. The molecule has 3 N–H and O–H groups in total. The molecule has 1 aliphatic heterocycles. The van der Waals surface area contributed by atoms with Crippen LogP contribution in [-0.2, 0) is 19.0 Å². The Bertz CT molecular complexity index is 1050. The summed E-state index contributed by atoms with van der Waals surface area (Å²) in [5, 5.41) is 20.9. The fourth-order valence-corrected chi connectivity index (χ4v) is 4.62. The number of allylic oxidation sites excluding steroid dienone is 2. The Morgan fingerprint density at radius 2 is 1.63 bits per heavy atom. The zero-order valence-electron chi connectivity index (χ0n) is 25.1. The second kappa shape index (κ2) is 20.1. The highest BCUT2D eigenvalue weighted by Gasteiger charge is 2.59. The number of aromatic nitrogens is 2. The van der Waals surface area contributed by atoms with Gasteiger partial charge in [-0.25, -0.2) is 9.59 Å². The summed E-state index contributed by atoms with van der Waals surface area (Å²) in [6, 6.07) is 1.06. The molecule has 13 heteroatoms. The third-order valence-corrected chi connectivity index (χ3v) is 7.09. The monoisotopic (exact) mass is 615 g/mol. The summed E-state index contributed by atoms with van der Waals surface area (Å²) in [7, 11) is 0. The van der Waals surface area contributed by atoms with E-state index in [1.165, 1.54) is 44.9 Å². The Kier molecular flexibility index (Phi) is 17.0. The normalized spacial score (nSPS) is 19.5. The van der Waals surface area contributed by atoms with Crippen LogP contribution < -0.4 is 11.0 Å². The number of anilines is 1. The van der Waals surface area contributed by atoms with Gasteiger partial charge in [-0.1, -0.05) is 70.4 Å². The van der Waals surface area contributed by atoms with Gasteiger partial charge in [0.05, 0.1) is 6.61 Å². The molecule has 0 aromatic carbocycles. The molecule has 2 rings (SSSR count). The van der Waals surface area contributed by atoms with E-state index in [1.54, 1.807) is 0 Å². The number of halogens is 2. The lowest BCUT2D eigenvalue weighted by Crippen LogP contribution is -2.41. The molecular weight excluding hydrogens is 568 g/mol. The number of unbranched alkanes of at least 4 members (excludes halogenated alkanes) is 11. The molecule has 3 atom stereocenters. The second-order valence-corrected chi connectivity index (χ2v) is 10.6. The number of amides is 1. The first-order valence-electron chi connectivity index (χ1n) is 15.4. The summed E-state index contributed by atoms with van der Waals surface area (Å²) >= 11 is 0. The van der Waals surface area contributed by atoms with E-state index in [0.717, 1.165) is 50.8 Å². The number of carbonyl (C=O) groups excluding carboxylic acids is 2. The molecule has 1 aromatic heterocycles. The molecule has 244 valence electrons. The molecule has 1 aliphatic rings. The summed E-state index contributed by atoms with van der Waals surface area (Å²) in [4.78, 5) is 39.5. The molecule has 0 aliphatic carbocycles. The number of rotatable bonds is 21. The Morgan fingerprint density at radius 3 is 2.23 bits per heavy atom. The van der Waals surface area contributed by atoms with Crippen molar-refractivity contribution in [2.24, 2.45) is 0 Å². The van der Waals surface area contributed by atoms with Crippen molar-refractivity contribution in [3.8, 4) is 0 Å². The van der Waals surface area contributed by atoms with Gasteiger partial charge in [0, 0.05) is 12.6 Å². The van der Waals surface area contributed by atoms with Crippen LogP contribution in [0, 0.1) is 0 Å². The van der Waals surface area contributed by atoms with Crippen LogP contribution in [0.2, 0.25) is 0 Å². The molecule has 1 amide bonds. The number of alkyl halides is 2. The van der Waals surface area contributed by atoms with Gasteiger partial charge < -0.3 is 24.4 Å². The van der Waals surface area contributed by atoms with Crippen molar-refractivity contribution >= 4 is 17.9 Å². The van der Waals surface area contributed by atoms with Crippen LogP contribution in [0.4, 0.5) is 19.4 Å². The lowest BCUT2D eigenvalue weighted by Gasteiger charge is -2.21. The largest absolute Gasteiger partial charge is 0.462 e. The highest BCUT2D eigenvalue weighted by atomic mass is 19.3. The molecular formula is C30H47F2N3O8. The number of esters is 1. The first kappa shape index (κ1) is 36.3. The van der Waals surface area contributed by atoms with Crippen molar-refractivity contribution in [1.82, 2.24) is 9.55 Å². The maximum Gasteiger partial charge on any atom is 0.412 e. The van der Waals surface area contributed by atoms with Crippen molar-refractivity contribution in [3.63, 3.8) is 0 Å². The summed E-state index contributed by atoms with van der Waals surface area (Å²) in [5.74, 6) is -4.51. The van der Waals surface area contributed by atoms with Gasteiger partial charge in [-0.2, -0.15) is 13.8 Å². The first-order chi connectivity index (χ1) is 20.7. The Balaban J connectivity index is 1.51. The minimum absolute atomic E-state index is 0.144. The molecule has 2 heterocycles. The number of aliphatic hydroxyl groups excluding tert-OH is 2. The van der Waals surface area contributed by atoms with E-state index in [4.69, 9.17) is 19.3 Å². The molecule has 0 saturated carbocycles. The number of hydrogen-bond donors (Lipinski definition) is 3. The highest BCUT2D eigenvalue weighted by Crippen LogP contribution is 2.41. The molecule has 11 nitrogen and oxygen atoms in total. The van der Waals surface area contributed by atoms with Gasteiger partial charge in [0.25, 0.3) is 0 Å². The van der Waals surface area contributed by atoms with Gasteiger partial charge in [-0.3, -0.25) is 14.7 Å². The lowest BCUT2D eigenvalue weighted by atomic mass is 10.1. The van der Waals surface area contributed by atoms with Crippen LogP contribution >= 0.6 is 0 Å². The standard InChI is InChI=1S/C30H47F2N3O8/c1-2-3-4-5-6-7-8-9-10-11-12-13-14-15-16-17-25(37)41-20-21-42-29(40)34-24-18-19-35(28(39)33-24)27-30(31,32)26(38)23(22-36)43-27/h9-10,18-19,23,26-27,36,38H,2-8,11-17,20-22H2,1H3,(H,33,34,39,40)/b10-9-/t23-,26?,27-/m1/s1. The molecule has 0 spiro atoms. The van der Waals surface area contributed by atoms with E-state index < -0.39 is 42.7 Å². The molecule has 43 heavy (non-hydrogen) atoms. The molecule has 1 unspecified atom stereocenters. The van der Waals surface area contributed by atoms with Crippen molar-refractivity contribution in [1.29, 1.82) is 0 Å². The van der Waals surface area contributed by atoms with Crippen LogP contribution in [0.5, 0.6) is 0 Å². The molecule has 1 fully saturated rings. The second-order valence-electron chi connectivity index (χ2n) is 10.6. The molecule has 0 radical (unpaired) electrons. The maximum absolute atomic E-state index is 14.3. The number of hydrogen-bond acceptors (Lipinski definition) is 9. The lowest BCUT2D eigenvalue weighted by molar-refractivity contribution is -0.144. The van der Waals surface area contributed by atoms with Crippen LogP contribution in [0.15, 0.2) is 29.2 Å². The predicted molar refractivity (Wildman–Crippen MR) is 156 cm³/mol. The highest BCUT2D eigenvalue weighted by molar-refractivity contribution is 5.83. The average molecular weight is 616 g/mol. The third-order valence-electron chi connectivity index (χ3n) is 7.09. The fourth-order valence-electron chi connectivity index (χ4n) is 4.62. The Labute approximate surface area is 251 Å². The molecule has 0 bridgehead atoms. The van der Waals surface area contributed by atoms with Gasteiger partial charge in [0.15, 0.2) is 6.10 Å². The number of nitrogens with zero attached hydrogens (tertiary/aromatic N) is 2. The third kappa shape index (κ3) is 13.1. The molecule has 1 saturated heterocycles. The van der Waals surface area contributed by atoms with Gasteiger partial charge in [0.2, 0.25) is 6.23 Å². The summed E-state index contributed by atoms with van der Waals surface area (Å²) < 4.78 is 43.8. The number of ether oxygens (including phenoxy) is 3. The smallest absolute Gasteiger partial charge is 0.412 e. The topological polar surface area (TPSA) is 149 Å². The van der Waals surface area contributed by atoms with E-state index in [2.05, 4.69) is 29.4 Å². The number of aliphatic hydroxyl groups is 2. The Morgan fingerprint density at radius 1 is 1.02 bits per heavy atom. The van der Waals surface area contributed by atoms with E-state index in [1.807, 2.05) is 0 Å². The zero-order valence-corrected chi connectivity index (χ0v) is 25.1. The maximum atomic E-state index is 14.3. The number of nitrogens with one attached hydrogen (secondary N) is 1. The van der Waals surface area contributed by atoms with Crippen LogP contribution in [0.3, 0.4) is 0 Å². The fraction of sp³-hybridized carbons (Fsp3) is 0.733. The van der Waals surface area contributed by atoms with Crippen molar-refractivity contribution in [2.45, 2.75) is 121 Å². The summed E-state index contributed by atoms with van der Waals surface area (Å²) in [5.41, 5.74) is -1.18. The minimum Gasteiger partial charge on any atom is -0.462 e. The van der Waals surface area contributed by atoms with E-state index >= 15 is 0 Å². The quantitative estimate of drug-likeness (QED) is 0.0956. The van der Waals surface area contributed by atoms with Gasteiger partial charge in [0.1, 0.15) is 25.1 Å². The van der Waals surface area contributed by atoms with Crippen molar-refractivity contribution in [2.75, 3.05) is 25.1 Å². The van der Waals surface area contributed by atoms with E-state index in [9.17, 15) is 28.3 Å². The minimum atomic E-state index is -3.85. The van der Waals surface area contributed by atoms with E-state index in [0.29, 0.717) is 4.57 Å².